The van der Waals surface area contributed by atoms with E-state index in [-0.39, 0.29) is 0 Å². The summed E-state index contributed by atoms with van der Waals surface area (Å²) in [4.78, 5) is 4.07. The van der Waals surface area contributed by atoms with Gasteiger partial charge in [-0.15, -0.1) is 0 Å². The maximum atomic E-state index is 5.86. The van der Waals surface area contributed by atoms with Crippen LogP contribution in [0.4, 0.5) is 5.69 Å². The van der Waals surface area contributed by atoms with E-state index in [1.54, 1.807) is 25.1 Å². The molecule has 0 bridgehead atoms. The highest BCUT2D eigenvalue weighted by Gasteiger charge is 2.06. The van der Waals surface area contributed by atoms with Crippen molar-refractivity contribution in [2.75, 3.05) is 5.73 Å². The van der Waals surface area contributed by atoms with Crippen molar-refractivity contribution in [1.29, 1.82) is 0 Å². The van der Waals surface area contributed by atoms with Crippen LogP contribution in [-0.2, 0) is 0 Å². The standard InChI is InChI=1S/C9H8ClN3O/c1-5-12-9(13-14-5)6-2-3-8(11)7(10)4-6/h2-4H,11H2,1H3. The Bertz CT molecular complexity index is 467. The third-order valence-electron chi connectivity index (χ3n) is 1.79. The average Bonchev–Trinajstić information content (AvgIpc) is 2.57. The second-order valence-corrected chi connectivity index (χ2v) is 3.28. The molecule has 2 N–H and O–H groups in total. The van der Waals surface area contributed by atoms with E-state index in [0.717, 1.165) is 5.56 Å². The second-order valence-electron chi connectivity index (χ2n) is 2.87. The molecule has 0 fully saturated rings. The molecule has 72 valence electrons. The van der Waals surface area contributed by atoms with Gasteiger partial charge >= 0.3 is 0 Å². The molecule has 5 heteroatoms. The Morgan fingerprint density at radius 2 is 2.21 bits per heavy atom. The summed E-state index contributed by atoms with van der Waals surface area (Å²) in [6, 6.07) is 5.22. The Kier molecular flexibility index (Phi) is 2.13. The highest BCUT2D eigenvalue weighted by Crippen LogP contribution is 2.24. The number of hydrogen-bond donors (Lipinski definition) is 1. The van der Waals surface area contributed by atoms with Crippen LogP contribution in [0.5, 0.6) is 0 Å². The van der Waals surface area contributed by atoms with Crippen molar-refractivity contribution < 1.29 is 4.52 Å². The molecule has 1 aromatic heterocycles. The summed E-state index contributed by atoms with van der Waals surface area (Å²) in [6.07, 6.45) is 0. The van der Waals surface area contributed by atoms with Gasteiger partial charge in [0.05, 0.1) is 10.7 Å². The lowest BCUT2D eigenvalue weighted by atomic mass is 10.2. The lowest BCUT2D eigenvalue weighted by Crippen LogP contribution is -1.87. The number of nitrogens with two attached hydrogens (primary N) is 1. The van der Waals surface area contributed by atoms with Crippen LogP contribution in [0.3, 0.4) is 0 Å². The molecule has 1 aromatic carbocycles. The Morgan fingerprint density at radius 3 is 2.79 bits per heavy atom. The largest absolute Gasteiger partial charge is 0.398 e. The molecule has 0 saturated heterocycles. The average molecular weight is 210 g/mol. The number of anilines is 1. The molecule has 0 atom stereocenters. The van der Waals surface area contributed by atoms with Gasteiger partial charge < -0.3 is 10.3 Å². The first-order valence-electron chi connectivity index (χ1n) is 4.02. The van der Waals surface area contributed by atoms with E-state index in [4.69, 9.17) is 21.9 Å². The van der Waals surface area contributed by atoms with Gasteiger partial charge in [-0.2, -0.15) is 4.98 Å². The summed E-state index contributed by atoms with van der Waals surface area (Å²) in [5, 5.41) is 4.26. The number of aryl methyl sites for hydroxylation is 1. The van der Waals surface area contributed by atoms with Crippen molar-refractivity contribution in [3.63, 3.8) is 0 Å². The summed E-state index contributed by atoms with van der Waals surface area (Å²) in [5.74, 6) is 1.04. The van der Waals surface area contributed by atoms with Crippen molar-refractivity contribution in [3.8, 4) is 11.4 Å². The van der Waals surface area contributed by atoms with Gasteiger partial charge in [0, 0.05) is 12.5 Å². The van der Waals surface area contributed by atoms with Crippen molar-refractivity contribution in [1.82, 2.24) is 10.1 Å². The van der Waals surface area contributed by atoms with Crippen LogP contribution >= 0.6 is 11.6 Å². The molecular weight excluding hydrogens is 202 g/mol. The first-order valence-corrected chi connectivity index (χ1v) is 4.40. The zero-order valence-corrected chi connectivity index (χ0v) is 8.25. The van der Waals surface area contributed by atoms with Gasteiger partial charge in [0.1, 0.15) is 0 Å². The number of nitrogen functional groups attached to an aromatic ring is 1. The second kappa shape index (κ2) is 3.31. The summed E-state index contributed by atoms with van der Waals surface area (Å²) >= 11 is 5.86. The van der Waals surface area contributed by atoms with Gasteiger partial charge in [0.2, 0.25) is 11.7 Å². The third kappa shape index (κ3) is 1.56. The van der Waals surface area contributed by atoms with Crippen LogP contribution in [0.2, 0.25) is 5.02 Å². The Balaban J connectivity index is 2.47. The highest BCUT2D eigenvalue weighted by atomic mass is 35.5. The quantitative estimate of drug-likeness (QED) is 0.732. The van der Waals surface area contributed by atoms with Crippen molar-refractivity contribution in [2.45, 2.75) is 6.92 Å². The molecule has 14 heavy (non-hydrogen) atoms. The van der Waals surface area contributed by atoms with E-state index in [2.05, 4.69) is 10.1 Å². The summed E-state index contributed by atoms with van der Waals surface area (Å²) in [7, 11) is 0. The Hall–Kier alpha value is -1.55. The summed E-state index contributed by atoms with van der Waals surface area (Å²) < 4.78 is 4.85. The van der Waals surface area contributed by atoms with Crippen LogP contribution in [0, 0.1) is 6.92 Å². The molecule has 0 aliphatic rings. The monoisotopic (exact) mass is 209 g/mol. The number of rotatable bonds is 1. The van der Waals surface area contributed by atoms with Gasteiger partial charge in [-0.25, -0.2) is 0 Å². The molecule has 0 radical (unpaired) electrons. The van der Waals surface area contributed by atoms with Crippen molar-refractivity contribution in [2.24, 2.45) is 0 Å². The molecule has 1 heterocycles. The van der Waals surface area contributed by atoms with Gasteiger partial charge in [-0.1, -0.05) is 16.8 Å². The van der Waals surface area contributed by atoms with Gasteiger partial charge in [-0.3, -0.25) is 0 Å². The lowest BCUT2D eigenvalue weighted by molar-refractivity contribution is 0.394. The number of nitrogens with zero attached hydrogens (tertiary/aromatic N) is 2. The minimum absolute atomic E-state index is 0.491. The van der Waals surface area contributed by atoms with Crippen LogP contribution in [0.15, 0.2) is 22.7 Å². The molecule has 4 nitrogen and oxygen atoms in total. The normalized spacial score (nSPS) is 10.4. The molecule has 2 aromatic rings. The van der Waals surface area contributed by atoms with Crippen molar-refractivity contribution in [3.05, 3.63) is 29.1 Å². The summed E-state index contributed by atoms with van der Waals surface area (Å²) in [6.45, 7) is 1.73. The minimum Gasteiger partial charge on any atom is -0.398 e. The molecular formula is C9H8ClN3O. The summed E-state index contributed by atoms with van der Waals surface area (Å²) in [5.41, 5.74) is 6.91. The Labute approximate surface area is 85.7 Å². The van der Waals surface area contributed by atoms with Gasteiger partial charge in [-0.05, 0) is 18.2 Å². The number of hydrogen-bond acceptors (Lipinski definition) is 4. The van der Waals surface area contributed by atoms with E-state index >= 15 is 0 Å². The molecule has 0 unspecified atom stereocenters. The van der Waals surface area contributed by atoms with E-state index in [9.17, 15) is 0 Å². The van der Waals surface area contributed by atoms with Crippen molar-refractivity contribution >= 4 is 17.3 Å². The first-order chi connectivity index (χ1) is 6.66. The predicted molar refractivity (Wildman–Crippen MR) is 53.9 cm³/mol. The van der Waals surface area contributed by atoms with Crippen LogP contribution in [0.1, 0.15) is 5.89 Å². The molecule has 0 amide bonds. The zero-order chi connectivity index (χ0) is 10.1. The van der Waals surface area contributed by atoms with E-state index < -0.39 is 0 Å². The predicted octanol–water partition coefficient (Wildman–Crippen LogP) is 2.28. The van der Waals surface area contributed by atoms with Crippen LogP contribution < -0.4 is 5.73 Å². The maximum absolute atomic E-state index is 5.86. The molecule has 2 rings (SSSR count). The first kappa shape index (κ1) is 9.02. The minimum atomic E-state index is 0.491. The highest BCUT2D eigenvalue weighted by molar-refractivity contribution is 6.33. The maximum Gasteiger partial charge on any atom is 0.223 e. The SMILES string of the molecule is Cc1nc(-c2ccc(N)c(Cl)c2)no1. The lowest BCUT2D eigenvalue weighted by Gasteiger charge is -1.98. The van der Waals surface area contributed by atoms with Gasteiger partial charge in [0.25, 0.3) is 0 Å². The third-order valence-corrected chi connectivity index (χ3v) is 2.11. The van der Waals surface area contributed by atoms with Gasteiger partial charge in [0.15, 0.2) is 0 Å². The molecule has 0 aliphatic heterocycles. The number of aromatic nitrogens is 2. The molecule has 0 saturated carbocycles. The fraction of sp³-hybridized carbons (Fsp3) is 0.111. The van der Waals surface area contributed by atoms with E-state index in [1.807, 2.05) is 0 Å². The zero-order valence-electron chi connectivity index (χ0n) is 7.49. The molecule has 0 spiro atoms. The van der Waals surface area contributed by atoms with Crippen LogP contribution in [0.25, 0.3) is 11.4 Å². The fourth-order valence-electron chi connectivity index (χ4n) is 1.08. The number of halogens is 1. The number of benzene rings is 1. The topological polar surface area (TPSA) is 64.9 Å². The fourth-order valence-corrected chi connectivity index (χ4v) is 1.26. The van der Waals surface area contributed by atoms with Crippen LogP contribution in [-0.4, -0.2) is 10.1 Å². The van der Waals surface area contributed by atoms with E-state index in [0.29, 0.717) is 22.4 Å². The molecule has 0 aliphatic carbocycles. The Morgan fingerprint density at radius 1 is 1.43 bits per heavy atom. The smallest absolute Gasteiger partial charge is 0.223 e. The van der Waals surface area contributed by atoms with E-state index in [1.165, 1.54) is 0 Å².